The van der Waals surface area contributed by atoms with Gasteiger partial charge in [-0.25, -0.2) is 4.98 Å². The van der Waals surface area contributed by atoms with Gasteiger partial charge in [-0.1, -0.05) is 12.1 Å². The molecule has 0 aliphatic heterocycles. The van der Waals surface area contributed by atoms with Gasteiger partial charge in [0.05, 0.1) is 11.1 Å². The molecule has 3 heterocycles. The molecule has 5 nitrogen and oxygen atoms in total. The molecule has 0 atom stereocenters. The van der Waals surface area contributed by atoms with Crippen LogP contribution in [0.15, 0.2) is 52.9 Å². The lowest BCUT2D eigenvalue weighted by molar-refractivity contribution is 0.103. The van der Waals surface area contributed by atoms with Gasteiger partial charge >= 0.3 is 0 Å². The van der Waals surface area contributed by atoms with Crippen LogP contribution in [-0.2, 0) is 0 Å². The third kappa shape index (κ3) is 2.13. The Balaban J connectivity index is 2.00. The van der Waals surface area contributed by atoms with Crippen LogP contribution in [0.5, 0.6) is 0 Å². The average Bonchev–Trinajstić information content (AvgIpc) is 2.96. The predicted molar refractivity (Wildman–Crippen MR) is 73.7 cm³/mol. The van der Waals surface area contributed by atoms with Gasteiger partial charge in [-0.15, -0.1) is 11.3 Å². The molecule has 1 N–H and O–H groups in total. The first-order valence-electron chi connectivity index (χ1n) is 5.57. The molecule has 0 saturated carbocycles. The van der Waals surface area contributed by atoms with Crippen molar-refractivity contribution >= 4 is 28.6 Å². The molecule has 0 fully saturated rings. The maximum Gasteiger partial charge on any atom is 0.281 e. The number of carbonyl (C=O) groups is 1. The number of nitrogens with zero attached hydrogens (tertiary/aromatic N) is 2. The van der Waals surface area contributed by atoms with Crippen molar-refractivity contribution in [2.45, 2.75) is 0 Å². The van der Waals surface area contributed by atoms with E-state index in [-0.39, 0.29) is 17.2 Å². The van der Waals surface area contributed by atoms with Gasteiger partial charge in [-0.2, -0.15) is 0 Å². The summed E-state index contributed by atoms with van der Waals surface area (Å²) in [7, 11) is 0. The number of hydrogen-bond donors (Lipinski definition) is 1. The van der Waals surface area contributed by atoms with Gasteiger partial charge in [0, 0.05) is 6.20 Å². The highest BCUT2D eigenvalue weighted by atomic mass is 32.1. The molecule has 1 amide bonds. The van der Waals surface area contributed by atoms with E-state index in [1.54, 1.807) is 41.9 Å². The predicted octanol–water partition coefficient (Wildman–Crippen LogP) is 2.01. The van der Waals surface area contributed by atoms with Crippen LogP contribution in [0.1, 0.15) is 9.67 Å². The Bertz CT molecular complexity index is 793. The van der Waals surface area contributed by atoms with Crippen molar-refractivity contribution < 1.29 is 4.79 Å². The van der Waals surface area contributed by atoms with Gasteiger partial charge in [0.1, 0.15) is 11.3 Å². The van der Waals surface area contributed by atoms with Crippen LogP contribution in [0.4, 0.5) is 5.69 Å². The maximum absolute atomic E-state index is 12.1. The Labute approximate surface area is 112 Å². The summed E-state index contributed by atoms with van der Waals surface area (Å²) in [6.07, 6.45) is 2.99. The Morgan fingerprint density at radius 3 is 2.95 bits per heavy atom. The van der Waals surface area contributed by atoms with Crippen molar-refractivity contribution in [1.29, 1.82) is 0 Å². The molecule has 6 heteroatoms. The molecule has 3 aromatic rings. The zero-order valence-electron chi connectivity index (χ0n) is 9.74. The highest BCUT2D eigenvalue weighted by Gasteiger charge is 2.10. The van der Waals surface area contributed by atoms with E-state index in [2.05, 4.69) is 10.3 Å². The number of aromatic nitrogens is 2. The van der Waals surface area contributed by atoms with E-state index in [0.717, 1.165) is 0 Å². The second kappa shape index (κ2) is 4.66. The molecule has 0 radical (unpaired) electrons. The number of carbonyl (C=O) groups excluding carboxylic acids is 1. The minimum atomic E-state index is -0.301. The number of nitrogens with one attached hydrogen (secondary N) is 1. The van der Waals surface area contributed by atoms with E-state index in [1.807, 2.05) is 0 Å². The van der Waals surface area contributed by atoms with E-state index in [4.69, 9.17) is 0 Å². The molecule has 0 aromatic carbocycles. The fourth-order valence-electron chi connectivity index (χ4n) is 1.70. The summed E-state index contributed by atoms with van der Waals surface area (Å²) in [4.78, 5) is 28.7. The molecular weight excluding hydrogens is 262 g/mol. The summed E-state index contributed by atoms with van der Waals surface area (Å²) in [6, 6.07) is 8.75. The van der Waals surface area contributed by atoms with Gasteiger partial charge < -0.3 is 5.32 Å². The van der Waals surface area contributed by atoms with Gasteiger partial charge in [0.25, 0.3) is 11.5 Å². The van der Waals surface area contributed by atoms with Crippen LogP contribution in [0.3, 0.4) is 0 Å². The number of hydrogen-bond acceptors (Lipinski definition) is 4. The van der Waals surface area contributed by atoms with Gasteiger partial charge in [0.15, 0.2) is 0 Å². The second-order valence-electron chi connectivity index (χ2n) is 3.84. The third-order valence-electron chi connectivity index (χ3n) is 2.61. The number of anilines is 1. The Morgan fingerprint density at radius 2 is 2.16 bits per heavy atom. The van der Waals surface area contributed by atoms with Crippen LogP contribution < -0.4 is 10.9 Å². The number of pyridine rings is 1. The van der Waals surface area contributed by atoms with E-state index >= 15 is 0 Å². The first kappa shape index (κ1) is 11.6. The Kier molecular flexibility index (Phi) is 2.85. The fraction of sp³-hybridized carbons (Fsp3) is 0. The van der Waals surface area contributed by atoms with Crippen molar-refractivity contribution in [1.82, 2.24) is 9.38 Å². The van der Waals surface area contributed by atoms with Crippen LogP contribution in [0.25, 0.3) is 5.65 Å². The highest BCUT2D eigenvalue weighted by Crippen LogP contribution is 2.10. The summed E-state index contributed by atoms with van der Waals surface area (Å²) >= 11 is 1.32. The largest absolute Gasteiger partial charge is 0.315 e. The standard InChI is InChI=1S/C13H9N3O2S/c17-12(10-4-3-7-19-10)15-9-8-14-11-5-1-2-6-16(11)13(9)18/h1-8H,(H,15,17). The molecule has 0 aliphatic carbocycles. The van der Waals surface area contributed by atoms with Gasteiger partial charge in [-0.3, -0.25) is 14.0 Å². The molecule has 3 rings (SSSR count). The number of amides is 1. The van der Waals surface area contributed by atoms with Crippen molar-refractivity contribution in [2.75, 3.05) is 5.32 Å². The minimum Gasteiger partial charge on any atom is -0.315 e. The van der Waals surface area contributed by atoms with Crippen LogP contribution in [-0.4, -0.2) is 15.3 Å². The summed E-state index contributed by atoms with van der Waals surface area (Å²) in [5.74, 6) is -0.301. The van der Waals surface area contributed by atoms with Crippen LogP contribution in [0, 0.1) is 0 Å². The molecule has 0 aliphatic rings. The highest BCUT2D eigenvalue weighted by molar-refractivity contribution is 7.12. The van der Waals surface area contributed by atoms with Gasteiger partial charge in [0.2, 0.25) is 0 Å². The lowest BCUT2D eigenvalue weighted by Crippen LogP contribution is -2.22. The smallest absolute Gasteiger partial charge is 0.281 e. The fourth-order valence-corrected chi connectivity index (χ4v) is 2.32. The molecule has 3 aromatic heterocycles. The summed E-state index contributed by atoms with van der Waals surface area (Å²) in [5, 5.41) is 4.39. The molecule has 0 saturated heterocycles. The Hall–Kier alpha value is -2.47. The molecule has 0 unspecified atom stereocenters. The molecule has 19 heavy (non-hydrogen) atoms. The van der Waals surface area contributed by atoms with E-state index in [0.29, 0.717) is 10.5 Å². The van der Waals surface area contributed by atoms with Crippen LogP contribution >= 0.6 is 11.3 Å². The van der Waals surface area contributed by atoms with Crippen molar-refractivity contribution in [3.05, 3.63) is 63.3 Å². The van der Waals surface area contributed by atoms with Crippen molar-refractivity contribution in [3.8, 4) is 0 Å². The number of rotatable bonds is 2. The van der Waals surface area contributed by atoms with Crippen molar-refractivity contribution in [2.24, 2.45) is 0 Å². The normalized spacial score (nSPS) is 10.5. The quantitative estimate of drug-likeness (QED) is 0.775. The van der Waals surface area contributed by atoms with E-state index in [1.165, 1.54) is 21.9 Å². The lowest BCUT2D eigenvalue weighted by Gasteiger charge is -2.04. The maximum atomic E-state index is 12.1. The molecule has 0 spiro atoms. The first-order valence-corrected chi connectivity index (χ1v) is 6.45. The summed E-state index contributed by atoms with van der Waals surface area (Å²) in [6.45, 7) is 0. The molecule has 94 valence electrons. The summed E-state index contributed by atoms with van der Waals surface area (Å²) in [5.41, 5.74) is 0.416. The topological polar surface area (TPSA) is 63.5 Å². The van der Waals surface area contributed by atoms with Crippen LogP contribution in [0.2, 0.25) is 0 Å². The zero-order chi connectivity index (χ0) is 13.2. The number of thiophene rings is 1. The third-order valence-corrected chi connectivity index (χ3v) is 3.48. The Morgan fingerprint density at radius 1 is 1.26 bits per heavy atom. The number of fused-ring (bicyclic) bond motifs is 1. The van der Waals surface area contributed by atoms with Crippen molar-refractivity contribution in [3.63, 3.8) is 0 Å². The SMILES string of the molecule is O=C(Nc1cnc2ccccn2c1=O)c1cccs1. The summed E-state index contributed by atoms with van der Waals surface area (Å²) < 4.78 is 1.39. The second-order valence-corrected chi connectivity index (χ2v) is 4.78. The molecular formula is C13H9N3O2S. The minimum absolute atomic E-state index is 0.169. The molecule has 0 bridgehead atoms. The average molecular weight is 271 g/mol. The lowest BCUT2D eigenvalue weighted by atomic mass is 10.4. The monoisotopic (exact) mass is 271 g/mol. The van der Waals surface area contributed by atoms with E-state index in [9.17, 15) is 9.59 Å². The van der Waals surface area contributed by atoms with Gasteiger partial charge in [-0.05, 0) is 23.6 Å². The zero-order valence-corrected chi connectivity index (χ0v) is 10.6. The van der Waals surface area contributed by atoms with E-state index < -0.39 is 0 Å². The first-order chi connectivity index (χ1) is 9.25.